The lowest BCUT2D eigenvalue weighted by Crippen LogP contribution is -2.55. The third kappa shape index (κ3) is 28.2. The summed E-state index contributed by atoms with van der Waals surface area (Å²) in [7, 11) is 0. The predicted molar refractivity (Wildman–Crippen MR) is 267 cm³/mol. The van der Waals surface area contributed by atoms with Crippen LogP contribution in [0, 0.1) is 17.8 Å². The van der Waals surface area contributed by atoms with Crippen LogP contribution in [-0.4, -0.2) is 106 Å². The SMILES string of the molecule is CCCCCCCC/C=C\CCCCCCCC(=O)OC(C)CCOC(C)(C)CC(C1OCC(C(C)(C)OCCC(C)(C)O)C1C(C)(C)OCCC(C)(C)O)C(C)(C)OCCC(C)(C)O. The van der Waals surface area contributed by atoms with E-state index in [2.05, 4.69) is 74.5 Å². The number of unbranched alkanes of at least 4 members (excludes halogenated alkanes) is 11. The summed E-state index contributed by atoms with van der Waals surface area (Å²) in [5, 5.41) is 31.7. The van der Waals surface area contributed by atoms with Gasteiger partial charge in [-0.1, -0.05) is 70.4 Å². The third-order valence-corrected chi connectivity index (χ3v) is 13.5. The fourth-order valence-corrected chi connectivity index (χ4v) is 9.06. The molecule has 0 amide bonds. The van der Waals surface area contributed by atoms with Gasteiger partial charge in [0.1, 0.15) is 6.10 Å². The molecule has 1 fully saturated rings. The van der Waals surface area contributed by atoms with Gasteiger partial charge in [0.05, 0.1) is 78.3 Å². The Kier molecular flexibility index (Phi) is 27.8. The monoisotopic (exact) mass is 927 g/mol. The molecule has 0 aromatic heterocycles. The molecule has 386 valence electrons. The molecule has 10 heteroatoms. The number of ether oxygens (including phenoxy) is 6. The smallest absolute Gasteiger partial charge is 0.306 e. The van der Waals surface area contributed by atoms with Gasteiger partial charge in [0.2, 0.25) is 0 Å². The lowest BCUT2D eigenvalue weighted by atomic mass is 9.65. The Morgan fingerprint density at radius 2 is 1.08 bits per heavy atom. The Morgan fingerprint density at radius 3 is 1.58 bits per heavy atom. The molecule has 10 nitrogen and oxygen atoms in total. The molecule has 1 rings (SSSR count). The van der Waals surface area contributed by atoms with Crippen LogP contribution in [0.5, 0.6) is 0 Å². The van der Waals surface area contributed by atoms with Crippen molar-refractivity contribution in [2.45, 2.75) is 284 Å². The van der Waals surface area contributed by atoms with Crippen molar-refractivity contribution >= 4 is 5.97 Å². The van der Waals surface area contributed by atoms with Crippen molar-refractivity contribution in [3.05, 3.63) is 12.2 Å². The molecular weight excluding hydrogens is 821 g/mol. The summed E-state index contributed by atoms with van der Waals surface area (Å²) in [5.41, 5.74) is -5.23. The molecule has 0 aromatic carbocycles. The van der Waals surface area contributed by atoms with Crippen molar-refractivity contribution in [2.24, 2.45) is 17.8 Å². The van der Waals surface area contributed by atoms with Crippen LogP contribution in [0.25, 0.3) is 0 Å². The highest BCUT2D eigenvalue weighted by Crippen LogP contribution is 2.50. The molecule has 65 heavy (non-hydrogen) atoms. The van der Waals surface area contributed by atoms with Crippen molar-refractivity contribution in [3.8, 4) is 0 Å². The lowest BCUT2D eigenvalue weighted by molar-refractivity contribution is -0.174. The van der Waals surface area contributed by atoms with Gasteiger partial charge < -0.3 is 43.7 Å². The number of hydrogen-bond donors (Lipinski definition) is 3. The van der Waals surface area contributed by atoms with Gasteiger partial charge in [0.25, 0.3) is 0 Å². The van der Waals surface area contributed by atoms with E-state index >= 15 is 0 Å². The van der Waals surface area contributed by atoms with Crippen LogP contribution in [0.1, 0.15) is 233 Å². The number of aliphatic hydroxyl groups is 3. The van der Waals surface area contributed by atoms with Gasteiger partial charge in [-0.2, -0.15) is 0 Å². The van der Waals surface area contributed by atoms with E-state index in [9.17, 15) is 20.1 Å². The van der Waals surface area contributed by atoms with E-state index in [1.165, 1.54) is 57.8 Å². The van der Waals surface area contributed by atoms with Crippen LogP contribution >= 0.6 is 0 Å². The minimum Gasteiger partial charge on any atom is -0.463 e. The molecule has 0 aromatic rings. The number of carbonyl (C=O) groups is 1. The summed E-state index contributed by atoms with van der Waals surface area (Å²) in [6.07, 6.45) is 23.1. The van der Waals surface area contributed by atoms with Crippen molar-refractivity contribution in [1.82, 2.24) is 0 Å². The summed E-state index contributed by atoms with van der Waals surface area (Å²) < 4.78 is 39.5. The highest BCUT2D eigenvalue weighted by Gasteiger charge is 2.57. The van der Waals surface area contributed by atoms with Crippen molar-refractivity contribution in [1.29, 1.82) is 0 Å². The van der Waals surface area contributed by atoms with E-state index in [0.29, 0.717) is 71.6 Å². The lowest BCUT2D eigenvalue weighted by Gasteiger charge is -2.48. The second-order valence-corrected chi connectivity index (χ2v) is 23.8. The van der Waals surface area contributed by atoms with Crippen molar-refractivity contribution in [3.63, 3.8) is 0 Å². The van der Waals surface area contributed by atoms with Gasteiger partial charge >= 0.3 is 5.97 Å². The molecule has 5 atom stereocenters. The molecule has 0 spiro atoms. The first-order valence-corrected chi connectivity index (χ1v) is 26.1. The maximum absolute atomic E-state index is 12.8. The Balaban J connectivity index is 3.00. The minimum absolute atomic E-state index is 0.0764. The first-order valence-electron chi connectivity index (χ1n) is 26.1. The van der Waals surface area contributed by atoms with Crippen LogP contribution in [0.3, 0.4) is 0 Å². The molecule has 5 unspecified atom stereocenters. The Morgan fingerprint density at radius 1 is 0.615 bits per heavy atom. The van der Waals surface area contributed by atoms with Crippen LogP contribution < -0.4 is 0 Å². The maximum atomic E-state index is 12.8. The fraction of sp³-hybridized carbons (Fsp3) is 0.945. The van der Waals surface area contributed by atoms with Crippen molar-refractivity contribution < 1.29 is 48.5 Å². The summed E-state index contributed by atoms with van der Waals surface area (Å²) >= 11 is 0. The molecule has 1 aliphatic rings. The van der Waals surface area contributed by atoms with E-state index in [4.69, 9.17) is 28.4 Å². The average molecular weight is 927 g/mol. The van der Waals surface area contributed by atoms with Gasteiger partial charge in [-0.05, 0) is 162 Å². The average Bonchev–Trinajstić information content (AvgIpc) is 3.61. The highest BCUT2D eigenvalue weighted by molar-refractivity contribution is 5.69. The normalized spacial score (nSPS) is 19.3. The van der Waals surface area contributed by atoms with Crippen molar-refractivity contribution in [2.75, 3.05) is 33.0 Å². The fourth-order valence-electron chi connectivity index (χ4n) is 9.06. The molecule has 0 radical (unpaired) electrons. The number of rotatable bonds is 38. The number of carbonyl (C=O) groups excluding carboxylic acids is 1. The number of allylic oxidation sites excluding steroid dienone is 2. The molecular formula is C55H106O10. The molecule has 3 N–H and O–H groups in total. The van der Waals surface area contributed by atoms with E-state index in [1.54, 1.807) is 41.5 Å². The third-order valence-electron chi connectivity index (χ3n) is 13.5. The van der Waals surface area contributed by atoms with Crippen LogP contribution in [0.4, 0.5) is 0 Å². The molecule has 1 heterocycles. The largest absolute Gasteiger partial charge is 0.463 e. The van der Waals surface area contributed by atoms with Gasteiger partial charge in [-0.25, -0.2) is 0 Å². The number of hydrogen-bond acceptors (Lipinski definition) is 10. The van der Waals surface area contributed by atoms with E-state index in [0.717, 1.165) is 25.7 Å². The molecule has 1 aliphatic heterocycles. The van der Waals surface area contributed by atoms with Gasteiger partial charge in [0.15, 0.2) is 0 Å². The topological polar surface area (TPSA) is 133 Å². The maximum Gasteiger partial charge on any atom is 0.306 e. The summed E-state index contributed by atoms with van der Waals surface area (Å²) in [4.78, 5) is 12.8. The first-order chi connectivity index (χ1) is 29.9. The summed E-state index contributed by atoms with van der Waals surface area (Å²) in [6.45, 7) is 33.8. The highest BCUT2D eigenvalue weighted by atomic mass is 16.6. The zero-order chi connectivity index (χ0) is 49.6. The zero-order valence-electron chi connectivity index (χ0n) is 45.2. The Labute approximate surface area is 400 Å². The zero-order valence-corrected chi connectivity index (χ0v) is 45.2. The molecule has 0 aliphatic carbocycles. The summed E-state index contributed by atoms with van der Waals surface area (Å²) in [5.74, 6) is -0.550. The Bertz CT molecular complexity index is 1280. The minimum atomic E-state index is -0.879. The van der Waals surface area contributed by atoms with Gasteiger partial charge in [0, 0.05) is 30.6 Å². The molecule has 1 saturated heterocycles. The number of esters is 1. The van der Waals surface area contributed by atoms with E-state index in [-0.39, 0.29) is 35.9 Å². The second kappa shape index (κ2) is 29.2. The molecule has 0 saturated carbocycles. The second-order valence-electron chi connectivity index (χ2n) is 23.8. The van der Waals surface area contributed by atoms with E-state index < -0.39 is 39.2 Å². The molecule has 0 bridgehead atoms. The van der Waals surface area contributed by atoms with Gasteiger partial charge in [-0.15, -0.1) is 0 Å². The standard InChI is InChI=1S/C55H106O10/c1-17-18-19-20-21-22-23-24-25-26-27-28-29-30-31-32-46(56)65-43(2)33-37-61-52(9,10)41-44(53(11,12)62-38-34-49(3,4)57)48-47(55(15,16)64-40-36-51(7,8)59)45(42-60-48)54(13,14)63-39-35-50(5,6)58/h24-25,43-45,47-48,57-59H,17-23,26-42H2,1-16H3/b25-24-. The van der Waals surface area contributed by atoms with Crippen LogP contribution in [-0.2, 0) is 33.2 Å². The predicted octanol–water partition coefficient (Wildman–Crippen LogP) is 12.6. The van der Waals surface area contributed by atoms with E-state index in [1.807, 2.05) is 6.92 Å². The van der Waals surface area contributed by atoms with Crippen LogP contribution in [0.2, 0.25) is 0 Å². The van der Waals surface area contributed by atoms with Crippen LogP contribution in [0.15, 0.2) is 12.2 Å². The summed E-state index contributed by atoms with van der Waals surface area (Å²) in [6, 6.07) is 0. The van der Waals surface area contributed by atoms with Gasteiger partial charge in [-0.3, -0.25) is 4.79 Å². The Hall–Kier alpha value is -1.11. The quantitative estimate of drug-likeness (QED) is 0.0312. The first kappa shape index (κ1) is 61.9.